The minimum Gasteiger partial charge on any atom is -0.486 e. The molecule has 0 spiro atoms. The van der Waals surface area contributed by atoms with Crippen LogP contribution in [0.5, 0.6) is 11.5 Å². The van der Waals surface area contributed by atoms with Gasteiger partial charge >= 0.3 is 5.97 Å². The first-order valence-corrected chi connectivity index (χ1v) is 7.70. The number of carbonyl (C=O) groups excluding carboxylic acids is 2. The van der Waals surface area contributed by atoms with Gasteiger partial charge in [0.2, 0.25) is 5.91 Å². The normalized spacial score (nSPS) is 12.6. The smallest absolute Gasteiger partial charge is 0.349 e. The van der Waals surface area contributed by atoms with Crippen LogP contribution in [0.1, 0.15) is 15.2 Å². The zero-order valence-electron chi connectivity index (χ0n) is 12.3. The van der Waals surface area contributed by atoms with Crippen molar-refractivity contribution in [3.63, 3.8) is 0 Å². The average Bonchev–Trinajstić information content (AvgIpc) is 3.02. The highest BCUT2D eigenvalue weighted by atomic mass is 32.1. The lowest BCUT2D eigenvalue weighted by Gasteiger charge is -2.18. The van der Waals surface area contributed by atoms with Crippen LogP contribution < -0.4 is 14.8 Å². The molecule has 0 aliphatic carbocycles. The molecule has 7 nitrogen and oxygen atoms in total. The molecule has 0 atom stereocenters. The highest BCUT2D eigenvalue weighted by molar-refractivity contribution is 7.17. The van der Waals surface area contributed by atoms with Crippen molar-refractivity contribution in [3.05, 3.63) is 34.8 Å². The van der Waals surface area contributed by atoms with Gasteiger partial charge in [-0.3, -0.25) is 4.79 Å². The van der Waals surface area contributed by atoms with Crippen molar-refractivity contribution in [2.24, 2.45) is 0 Å². The lowest BCUT2D eigenvalue weighted by molar-refractivity contribution is -0.115. The van der Waals surface area contributed by atoms with E-state index in [1.807, 2.05) is 6.07 Å². The van der Waals surface area contributed by atoms with E-state index >= 15 is 0 Å². The summed E-state index contributed by atoms with van der Waals surface area (Å²) in [5.74, 6) is 0.620. The molecule has 8 heteroatoms. The molecular weight excluding hydrogens is 320 g/mol. The number of thiazole rings is 1. The van der Waals surface area contributed by atoms with E-state index in [9.17, 15) is 9.59 Å². The Morgan fingerprint density at radius 2 is 2.09 bits per heavy atom. The number of esters is 1. The Kier molecular flexibility index (Phi) is 4.42. The Morgan fingerprint density at radius 3 is 2.87 bits per heavy atom. The molecule has 3 rings (SSSR count). The SMILES string of the molecule is COC(=O)c1cnc(NC(=O)Cc2ccc3c(c2)OCCO3)s1. The number of ether oxygens (including phenoxy) is 3. The number of benzene rings is 1. The second kappa shape index (κ2) is 6.66. The molecule has 2 heterocycles. The number of carbonyl (C=O) groups is 2. The molecule has 1 amide bonds. The average molecular weight is 334 g/mol. The first-order valence-electron chi connectivity index (χ1n) is 6.88. The zero-order valence-corrected chi connectivity index (χ0v) is 13.1. The van der Waals surface area contributed by atoms with E-state index in [0.717, 1.165) is 16.9 Å². The predicted octanol–water partition coefficient (Wildman–Crippen LogP) is 1.88. The number of aromatic nitrogens is 1. The second-order valence-electron chi connectivity index (χ2n) is 4.72. The van der Waals surface area contributed by atoms with Gasteiger partial charge in [-0.05, 0) is 17.7 Å². The highest BCUT2D eigenvalue weighted by Gasteiger charge is 2.15. The first kappa shape index (κ1) is 15.3. The van der Waals surface area contributed by atoms with Gasteiger partial charge in [0.25, 0.3) is 0 Å². The van der Waals surface area contributed by atoms with Crippen molar-refractivity contribution in [2.45, 2.75) is 6.42 Å². The maximum Gasteiger partial charge on any atom is 0.349 e. The monoisotopic (exact) mass is 334 g/mol. The molecule has 0 saturated carbocycles. The van der Waals surface area contributed by atoms with E-state index in [4.69, 9.17) is 9.47 Å². The quantitative estimate of drug-likeness (QED) is 0.859. The van der Waals surface area contributed by atoms with Crippen LogP contribution in [0.25, 0.3) is 0 Å². The summed E-state index contributed by atoms with van der Waals surface area (Å²) in [7, 11) is 1.29. The number of amides is 1. The summed E-state index contributed by atoms with van der Waals surface area (Å²) < 4.78 is 15.5. The topological polar surface area (TPSA) is 86.8 Å². The molecule has 0 unspecified atom stereocenters. The summed E-state index contributed by atoms with van der Waals surface area (Å²) in [5, 5.41) is 3.01. The summed E-state index contributed by atoms with van der Waals surface area (Å²) >= 11 is 1.07. The van der Waals surface area contributed by atoms with Gasteiger partial charge in [0, 0.05) is 0 Å². The molecule has 1 aliphatic rings. The molecular formula is C15H14N2O5S. The van der Waals surface area contributed by atoms with Crippen LogP contribution in [-0.4, -0.2) is 37.2 Å². The summed E-state index contributed by atoms with van der Waals surface area (Å²) in [6.45, 7) is 1.03. The molecule has 2 aromatic rings. The third kappa shape index (κ3) is 3.59. The van der Waals surface area contributed by atoms with Crippen LogP contribution >= 0.6 is 11.3 Å². The van der Waals surface area contributed by atoms with E-state index in [0.29, 0.717) is 34.7 Å². The number of nitrogens with one attached hydrogen (secondary N) is 1. The zero-order chi connectivity index (χ0) is 16.2. The van der Waals surface area contributed by atoms with E-state index in [-0.39, 0.29) is 12.3 Å². The largest absolute Gasteiger partial charge is 0.486 e. The Bertz CT molecular complexity index is 743. The van der Waals surface area contributed by atoms with Gasteiger partial charge in [0.1, 0.15) is 18.1 Å². The number of methoxy groups -OCH3 is 1. The van der Waals surface area contributed by atoms with Crippen LogP contribution in [-0.2, 0) is 16.0 Å². The summed E-state index contributed by atoms with van der Waals surface area (Å²) in [6.07, 6.45) is 1.54. The van der Waals surface area contributed by atoms with E-state index < -0.39 is 5.97 Å². The Morgan fingerprint density at radius 1 is 1.30 bits per heavy atom. The third-order valence-electron chi connectivity index (χ3n) is 3.11. The number of fused-ring (bicyclic) bond motifs is 1. The van der Waals surface area contributed by atoms with Crippen LogP contribution in [0.2, 0.25) is 0 Å². The number of anilines is 1. The molecule has 0 bridgehead atoms. The van der Waals surface area contributed by atoms with E-state index in [1.165, 1.54) is 13.3 Å². The van der Waals surface area contributed by atoms with Gasteiger partial charge in [-0.15, -0.1) is 0 Å². The fourth-order valence-corrected chi connectivity index (χ4v) is 2.82. The van der Waals surface area contributed by atoms with Crippen molar-refractivity contribution in [1.82, 2.24) is 4.98 Å². The maximum absolute atomic E-state index is 12.1. The van der Waals surface area contributed by atoms with Crippen molar-refractivity contribution < 1.29 is 23.8 Å². The number of hydrogen-bond acceptors (Lipinski definition) is 7. The summed E-state index contributed by atoms with van der Waals surface area (Å²) in [6, 6.07) is 5.39. The van der Waals surface area contributed by atoms with Crippen LogP contribution in [0.4, 0.5) is 5.13 Å². The summed E-state index contributed by atoms with van der Waals surface area (Å²) in [5.41, 5.74) is 0.802. The lowest BCUT2D eigenvalue weighted by atomic mass is 10.1. The predicted molar refractivity (Wildman–Crippen MR) is 83.2 cm³/mol. The number of rotatable bonds is 4. The molecule has 0 saturated heterocycles. The molecule has 1 aromatic heterocycles. The van der Waals surface area contributed by atoms with E-state index in [2.05, 4.69) is 15.0 Å². The van der Waals surface area contributed by atoms with Crippen molar-refractivity contribution in [2.75, 3.05) is 25.6 Å². The van der Waals surface area contributed by atoms with Gasteiger partial charge < -0.3 is 19.5 Å². The molecule has 0 fully saturated rings. The molecule has 0 radical (unpaired) electrons. The molecule has 23 heavy (non-hydrogen) atoms. The fraction of sp³-hybridized carbons (Fsp3) is 0.267. The standard InChI is InChI=1S/C15H14N2O5S/c1-20-14(19)12-8-16-15(23-12)17-13(18)7-9-2-3-10-11(6-9)22-5-4-21-10/h2-3,6,8H,4-5,7H2,1H3,(H,16,17,18). The molecule has 120 valence electrons. The molecule has 1 N–H and O–H groups in total. The third-order valence-corrected chi connectivity index (χ3v) is 4.00. The Balaban J connectivity index is 1.63. The Labute approximate surface area is 136 Å². The molecule has 1 aromatic carbocycles. The highest BCUT2D eigenvalue weighted by Crippen LogP contribution is 2.31. The minimum atomic E-state index is -0.477. The van der Waals surface area contributed by atoms with Gasteiger partial charge in [-0.2, -0.15) is 0 Å². The van der Waals surface area contributed by atoms with Crippen molar-refractivity contribution in [1.29, 1.82) is 0 Å². The van der Waals surface area contributed by atoms with Crippen LogP contribution in [0.3, 0.4) is 0 Å². The number of nitrogens with zero attached hydrogens (tertiary/aromatic N) is 1. The van der Waals surface area contributed by atoms with Crippen molar-refractivity contribution >= 4 is 28.3 Å². The Hall–Kier alpha value is -2.61. The van der Waals surface area contributed by atoms with Crippen LogP contribution in [0.15, 0.2) is 24.4 Å². The van der Waals surface area contributed by atoms with Gasteiger partial charge in [-0.1, -0.05) is 17.4 Å². The van der Waals surface area contributed by atoms with Gasteiger partial charge in [0.15, 0.2) is 16.6 Å². The fourth-order valence-electron chi connectivity index (χ4n) is 2.07. The van der Waals surface area contributed by atoms with Gasteiger partial charge in [-0.25, -0.2) is 9.78 Å². The lowest BCUT2D eigenvalue weighted by Crippen LogP contribution is -2.17. The molecule has 1 aliphatic heterocycles. The second-order valence-corrected chi connectivity index (χ2v) is 5.75. The number of hydrogen-bond donors (Lipinski definition) is 1. The van der Waals surface area contributed by atoms with Gasteiger partial charge in [0.05, 0.1) is 19.7 Å². The minimum absolute atomic E-state index is 0.170. The van der Waals surface area contributed by atoms with E-state index in [1.54, 1.807) is 12.1 Å². The maximum atomic E-state index is 12.1. The van der Waals surface area contributed by atoms with Crippen molar-refractivity contribution in [3.8, 4) is 11.5 Å². The summed E-state index contributed by atoms with van der Waals surface area (Å²) in [4.78, 5) is 27.7. The van der Waals surface area contributed by atoms with Crippen LogP contribution in [0, 0.1) is 0 Å². The first-order chi connectivity index (χ1) is 11.2.